The zero-order valence-electron chi connectivity index (χ0n) is 9.12. The first-order valence-corrected chi connectivity index (χ1v) is 4.65. The van der Waals surface area contributed by atoms with Crippen molar-refractivity contribution in [1.82, 2.24) is 14.7 Å². The number of rotatable bonds is 4. The van der Waals surface area contributed by atoms with E-state index in [1.165, 1.54) is 15.7 Å². The molecule has 0 unspecified atom stereocenters. The van der Waals surface area contributed by atoms with Crippen molar-refractivity contribution in [1.29, 1.82) is 0 Å². The van der Waals surface area contributed by atoms with E-state index in [0.29, 0.717) is 12.2 Å². The molecule has 0 aromatic carbocycles. The molecule has 86 valence electrons. The molecule has 0 saturated carbocycles. The lowest BCUT2D eigenvalue weighted by Gasteiger charge is -2.06. The molecule has 0 spiro atoms. The molecule has 0 atom stereocenters. The lowest BCUT2D eigenvalue weighted by Crippen LogP contribution is -2.22. The summed E-state index contributed by atoms with van der Waals surface area (Å²) in [7, 11) is 3.29. The fraction of sp³-hybridized carbons (Fsp3) is 0.300. The molecule has 6 nitrogen and oxygen atoms in total. The number of hydrogen-bond acceptors (Lipinski definition) is 3. The van der Waals surface area contributed by atoms with E-state index >= 15 is 0 Å². The topological polar surface area (TPSA) is 75.4 Å². The third-order valence-electron chi connectivity index (χ3n) is 1.82. The Morgan fingerprint density at radius 2 is 2.25 bits per heavy atom. The fourth-order valence-corrected chi connectivity index (χ4v) is 1.07. The highest BCUT2D eigenvalue weighted by molar-refractivity contribution is 5.91. The molecule has 1 amide bonds. The Morgan fingerprint density at radius 1 is 1.56 bits per heavy atom. The van der Waals surface area contributed by atoms with E-state index in [1.807, 2.05) is 0 Å². The van der Waals surface area contributed by atoms with Crippen molar-refractivity contribution in [3.63, 3.8) is 0 Å². The number of carboxylic acid groups (broad SMARTS) is 1. The number of hydrogen-bond donors (Lipinski definition) is 1. The van der Waals surface area contributed by atoms with E-state index in [4.69, 9.17) is 5.11 Å². The Morgan fingerprint density at radius 3 is 2.81 bits per heavy atom. The number of carbonyl (C=O) groups is 2. The smallest absolute Gasteiger partial charge is 0.328 e. The molecule has 0 fully saturated rings. The molecule has 16 heavy (non-hydrogen) atoms. The van der Waals surface area contributed by atoms with Gasteiger partial charge >= 0.3 is 5.97 Å². The van der Waals surface area contributed by atoms with Crippen molar-refractivity contribution in [2.24, 2.45) is 0 Å². The third kappa shape index (κ3) is 3.23. The van der Waals surface area contributed by atoms with Crippen molar-refractivity contribution in [3.8, 4) is 0 Å². The largest absolute Gasteiger partial charge is 0.478 e. The molecule has 0 aliphatic heterocycles. The maximum atomic E-state index is 11.5. The molecular formula is C10H13N3O3. The summed E-state index contributed by atoms with van der Waals surface area (Å²) in [4.78, 5) is 23.1. The second-order valence-electron chi connectivity index (χ2n) is 3.36. The fourth-order valence-electron chi connectivity index (χ4n) is 1.07. The van der Waals surface area contributed by atoms with Crippen LogP contribution in [0, 0.1) is 0 Å². The molecule has 6 heteroatoms. The molecule has 1 aromatic heterocycles. The number of aromatic nitrogens is 2. The predicted molar refractivity (Wildman–Crippen MR) is 57.0 cm³/mol. The van der Waals surface area contributed by atoms with Gasteiger partial charge in [0.25, 0.3) is 5.91 Å². The normalized spacial score (nSPS) is 10.6. The van der Waals surface area contributed by atoms with Crippen LogP contribution < -0.4 is 0 Å². The average molecular weight is 223 g/mol. The molecule has 1 aromatic rings. The first-order valence-electron chi connectivity index (χ1n) is 4.65. The van der Waals surface area contributed by atoms with Crippen LogP contribution in [0.15, 0.2) is 24.4 Å². The van der Waals surface area contributed by atoms with Crippen molar-refractivity contribution < 1.29 is 14.7 Å². The lowest BCUT2D eigenvalue weighted by molar-refractivity contribution is -0.131. The Kier molecular flexibility index (Phi) is 3.82. The number of allylic oxidation sites excluding steroid dienone is 1. The second-order valence-corrected chi connectivity index (χ2v) is 3.36. The van der Waals surface area contributed by atoms with Crippen LogP contribution in [0.25, 0.3) is 0 Å². The first kappa shape index (κ1) is 12.0. The quantitative estimate of drug-likeness (QED) is 0.741. The highest BCUT2D eigenvalue weighted by Crippen LogP contribution is 1.99. The number of nitrogens with zero attached hydrogens (tertiary/aromatic N) is 3. The van der Waals surface area contributed by atoms with Crippen LogP contribution in [0.4, 0.5) is 0 Å². The molecule has 1 heterocycles. The summed E-state index contributed by atoms with van der Waals surface area (Å²) in [5, 5.41) is 12.4. The van der Waals surface area contributed by atoms with Gasteiger partial charge in [-0.15, -0.1) is 0 Å². The Bertz CT molecular complexity index is 421. The van der Waals surface area contributed by atoms with Crippen LogP contribution >= 0.6 is 0 Å². The predicted octanol–water partition coefficient (Wildman–Crippen LogP) is 0.226. The minimum atomic E-state index is -1.00. The number of aliphatic carboxylic acids is 1. The van der Waals surface area contributed by atoms with Gasteiger partial charge in [-0.25, -0.2) is 4.79 Å². The average Bonchev–Trinajstić information content (AvgIpc) is 2.64. The molecule has 0 saturated heterocycles. The monoisotopic (exact) mass is 223 g/mol. The zero-order chi connectivity index (χ0) is 12.1. The Balaban J connectivity index is 2.65. The molecule has 0 aliphatic carbocycles. The minimum absolute atomic E-state index is 0.180. The Labute approximate surface area is 92.8 Å². The molecular weight excluding hydrogens is 210 g/mol. The van der Waals surface area contributed by atoms with Crippen LogP contribution in [0.2, 0.25) is 0 Å². The summed E-state index contributed by atoms with van der Waals surface area (Å²) in [6.07, 6.45) is 4.12. The van der Waals surface area contributed by atoms with Gasteiger partial charge in [-0.1, -0.05) is 6.08 Å². The van der Waals surface area contributed by atoms with Crippen molar-refractivity contribution in [2.75, 3.05) is 14.1 Å². The SMILES string of the molecule is CN(C)C(=O)c1ccn(C/C=C/C(=O)O)n1. The zero-order valence-corrected chi connectivity index (χ0v) is 9.12. The summed E-state index contributed by atoms with van der Waals surface area (Å²) < 4.78 is 1.50. The molecule has 1 N–H and O–H groups in total. The van der Waals surface area contributed by atoms with Crippen LogP contribution in [-0.2, 0) is 11.3 Å². The minimum Gasteiger partial charge on any atom is -0.478 e. The van der Waals surface area contributed by atoms with Crippen molar-refractivity contribution in [2.45, 2.75) is 6.54 Å². The van der Waals surface area contributed by atoms with Crippen LogP contribution in [0.5, 0.6) is 0 Å². The van der Waals surface area contributed by atoms with Gasteiger partial charge in [-0.05, 0) is 6.07 Å². The van der Waals surface area contributed by atoms with Gasteiger partial charge in [0.05, 0.1) is 6.54 Å². The number of carbonyl (C=O) groups excluding carboxylic acids is 1. The number of carboxylic acids is 1. The van der Waals surface area contributed by atoms with Crippen molar-refractivity contribution >= 4 is 11.9 Å². The molecule has 0 radical (unpaired) electrons. The summed E-state index contributed by atoms with van der Waals surface area (Å²) in [5.41, 5.74) is 0.341. The van der Waals surface area contributed by atoms with E-state index in [9.17, 15) is 9.59 Å². The van der Waals surface area contributed by atoms with Gasteiger partial charge in [-0.2, -0.15) is 5.10 Å². The van der Waals surface area contributed by atoms with E-state index in [-0.39, 0.29) is 5.91 Å². The van der Waals surface area contributed by atoms with E-state index in [2.05, 4.69) is 5.10 Å². The van der Waals surface area contributed by atoms with Gasteiger partial charge in [0, 0.05) is 26.4 Å². The summed E-state index contributed by atoms with van der Waals surface area (Å²) in [6.45, 7) is 0.326. The van der Waals surface area contributed by atoms with Crippen LogP contribution in [-0.4, -0.2) is 45.8 Å². The van der Waals surface area contributed by atoms with Gasteiger partial charge in [0.15, 0.2) is 0 Å². The molecule has 0 bridgehead atoms. The maximum absolute atomic E-state index is 11.5. The van der Waals surface area contributed by atoms with E-state index in [0.717, 1.165) is 6.08 Å². The van der Waals surface area contributed by atoms with Gasteiger partial charge in [0.2, 0.25) is 0 Å². The van der Waals surface area contributed by atoms with Gasteiger partial charge < -0.3 is 10.0 Å². The third-order valence-corrected chi connectivity index (χ3v) is 1.82. The standard InChI is InChI=1S/C10H13N3O3/c1-12(2)10(16)8-5-7-13(11-8)6-3-4-9(14)15/h3-5,7H,6H2,1-2H3,(H,14,15)/b4-3+. The van der Waals surface area contributed by atoms with Crippen LogP contribution in [0.1, 0.15) is 10.5 Å². The van der Waals surface area contributed by atoms with Gasteiger partial charge in [-0.3, -0.25) is 9.48 Å². The lowest BCUT2D eigenvalue weighted by atomic mass is 10.4. The van der Waals surface area contributed by atoms with E-state index < -0.39 is 5.97 Å². The highest BCUT2D eigenvalue weighted by atomic mass is 16.4. The first-order chi connectivity index (χ1) is 7.50. The molecule has 0 aliphatic rings. The van der Waals surface area contributed by atoms with Crippen molar-refractivity contribution in [3.05, 3.63) is 30.1 Å². The van der Waals surface area contributed by atoms with Gasteiger partial charge in [0.1, 0.15) is 5.69 Å². The Hall–Kier alpha value is -2.11. The second kappa shape index (κ2) is 5.11. The maximum Gasteiger partial charge on any atom is 0.328 e. The summed E-state index contributed by atoms with van der Waals surface area (Å²) >= 11 is 0. The summed E-state index contributed by atoms with van der Waals surface area (Å²) in [5.74, 6) is -1.18. The molecule has 1 rings (SSSR count). The van der Waals surface area contributed by atoms with E-state index in [1.54, 1.807) is 26.4 Å². The summed E-state index contributed by atoms with van der Waals surface area (Å²) in [6, 6.07) is 1.59. The van der Waals surface area contributed by atoms with Crippen LogP contribution in [0.3, 0.4) is 0 Å². The number of amides is 1. The highest BCUT2D eigenvalue weighted by Gasteiger charge is 2.10.